The number of amides is 4. The van der Waals surface area contributed by atoms with Gasteiger partial charge in [-0.15, -0.1) is 0 Å². The van der Waals surface area contributed by atoms with Crippen LogP contribution in [-0.4, -0.2) is 30.9 Å². The number of furan rings is 1. The summed E-state index contributed by atoms with van der Waals surface area (Å²) in [5.74, 6) is -0.0246. The molecule has 0 saturated carbocycles. The van der Waals surface area contributed by atoms with E-state index in [4.69, 9.17) is 4.42 Å². The summed E-state index contributed by atoms with van der Waals surface area (Å²) in [6, 6.07) is 10.2. The Balaban J connectivity index is 1.55. The predicted octanol–water partition coefficient (Wildman–Crippen LogP) is 1.99. The zero-order chi connectivity index (χ0) is 18.8. The van der Waals surface area contributed by atoms with Gasteiger partial charge in [-0.1, -0.05) is 15.9 Å². The first-order chi connectivity index (χ1) is 12.5. The molecule has 8 nitrogen and oxygen atoms in total. The first-order valence-electron chi connectivity index (χ1n) is 7.89. The van der Waals surface area contributed by atoms with Crippen molar-refractivity contribution in [2.45, 2.75) is 13.0 Å². The number of urea groups is 1. The van der Waals surface area contributed by atoms with Crippen LogP contribution in [0.1, 0.15) is 12.2 Å². The Morgan fingerprint density at radius 3 is 2.42 bits per heavy atom. The lowest BCUT2D eigenvalue weighted by Gasteiger charge is -2.08. The zero-order valence-electron chi connectivity index (χ0n) is 13.9. The average molecular weight is 423 g/mol. The minimum atomic E-state index is -0.406. The summed E-state index contributed by atoms with van der Waals surface area (Å²) in [7, 11) is 0. The Morgan fingerprint density at radius 2 is 1.73 bits per heavy atom. The van der Waals surface area contributed by atoms with E-state index >= 15 is 0 Å². The third-order valence-electron chi connectivity index (χ3n) is 3.23. The van der Waals surface area contributed by atoms with Crippen molar-refractivity contribution < 1.29 is 18.8 Å². The SMILES string of the molecule is O=C(CCNC(=O)Nc1ccc(Br)cc1)NCC(=O)NCc1ccco1. The van der Waals surface area contributed by atoms with E-state index in [0.717, 1.165) is 4.47 Å². The molecule has 1 aromatic carbocycles. The molecule has 138 valence electrons. The third kappa shape index (κ3) is 7.39. The van der Waals surface area contributed by atoms with Crippen LogP contribution in [0.2, 0.25) is 0 Å². The number of hydrogen-bond acceptors (Lipinski definition) is 4. The number of carbonyl (C=O) groups excluding carboxylic acids is 3. The van der Waals surface area contributed by atoms with Gasteiger partial charge < -0.3 is 25.7 Å². The molecule has 26 heavy (non-hydrogen) atoms. The van der Waals surface area contributed by atoms with Crippen molar-refractivity contribution in [3.8, 4) is 0 Å². The Hall–Kier alpha value is -2.81. The van der Waals surface area contributed by atoms with Crippen molar-refractivity contribution in [3.05, 3.63) is 52.9 Å². The monoisotopic (exact) mass is 422 g/mol. The minimum absolute atomic E-state index is 0.0687. The van der Waals surface area contributed by atoms with Crippen molar-refractivity contribution in [3.63, 3.8) is 0 Å². The highest BCUT2D eigenvalue weighted by Crippen LogP contribution is 2.13. The molecule has 0 saturated heterocycles. The van der Waals surface area contributed by atoms with Gasteiger partial charge in [-0.25, -0.2) is 4.79 Å². The molecule has 0 aliphatic rings. The molecule has 2 rings (SSSR count). The Kier molecular flexibility index (Phi) is 7.69. The van der Waals surface area contributed by atoms with Gasteiger partial charge >= 0.3 is 6.03 Å². The molecule has 0 aliphatic heterocycles. The molecule has 0 spiro atoms. The molecular weight excluding hydrogens is 404 g/mol. The topological polar surface area (TPSA) is 112 Å². The molecule has 0 atom stereocenters. The molecular formula is C17H19BrN4O4. The Bertz CT molecular complexity index is 732. The smallest absolute Gasteiger partial charge is 0.319 e. The number of benzene rings is 1. The minimum Gasteiger partial charge on any atom is -0.467 e. The van der Waals surface area contributed by atoms with Gasteiger partial charge in [0.2, 0.25) is 11.8 Å². The summed E-state index contributed by atoms with van der Waals surface area (Å²) in [4.78, 5) is 35.0. The Labute approximate surface area is 158 Å². The summed E-state index contributed by atoms with van der Waals surface area (Å²) in [6.45, 7) is 0.284. The van der Waals surface area contributed by atoms with Crippen LogP contribution in [0.4, 0.5) is 10.5 Å². The van der Waals surface area contributed by atoms with Gasteiger partial charge in [0.05, 0.1) is 19.4 Å². The van der Waals surface area contributed by atoms with Crippen LogP contribution in [-0.2, 0) is 16.1 Å². The van der Waals surface area contributed by atoms with E-state index in [1.807, 2.05) is 0 Å². The lowest BCUT2D eigenvalue weighted by molar-refractivity contribution is -0.126. The van der Waals surface area contributed by atoms with Gasteiger partial charge in [0.1, 0.15) is 5.76 Å². The molecule has 2 aromatic rings. The van der Waals surface area contributed by atoms with E-state index in [0.29, 0.717) is 11.4 Å². The largest absolute Gasteiger partial charge is 0.467 e. The fourth-order valence-electron chi connectivity index (χ4n) is 1.93. The van der Waals surface area contributed by atoms with Gasteiger partial charge in [-0.3, -0.25) is 9.59 Å². The second-order valence-corrected chi connectivity index (χ2v) is 6.19. The highest BCUT2D eigenvalue weighted by Gasteiger charge is 2.07. The number of hydrogen-bond donors (Lipinski definition) is 4. The number of anilines is 1. The second kappa shape index (κ2) is 10.2. The summed E-state index contributed by atoms with van der Waals surface area (Å²) in [6.07, 6.45) is 1.59. The van der Waals surface area contributed by atoms with Crippen molar-refractivity contribution in [1.82, 2.24) is 16.0 Å². The Morgan fingerprint density at radius 1 is 0.962 bits per heavy atom. The van der Waals surface area contributed by atoms with E-state index in [9.17, 15) is 14.4 Å². The van der Waals surface area contributed by atoms with Crippen LogP contribution in [0.5, 0.6) is 0 Å². The number of nitrogens with one attached hydrogen (secondary N) is 4. The highest BCUT2D eigenvalue weighted by molar-refractivity contribution is 9.10. The fourth-order valence-corrected chi connectivity index (χ4v) is 2.19. The molecule has 9 heteroatoms. The van der Waals surface area contributed by atoms with Crippen molar-refractivity contribution in [2.75, 3.05) is 18.4 Å². The molecule has 0 fully saturated rings. The van der Waals surface area contributed by atoms with Gasteiger partial charge in [0.25, 0.3) is 0 Å². The molecule has 1 aromatic heterocycles. The van der Waals surface area contributed by atoms with Gasteiger partial charge in [-0.2, -0.15) is 0 Å². The fraction of sp³-hybridized carbons (Fsp3) is 0.235. The van der Waals surface area contributed by atoms with Crippen LogP contribution in [0.15, 0.2) is 51.6 Å². The van der Waals surface area contributed by atoms with E-state index in [-0.39, 0.29) is 37.9 Å². The van der Waals surface area contributed by atoms with Crippen LogP contribution in [0.25, 0.3) is 0 Å². The first-order valence-corrected chi connectivity index (χ1v) is 8.68. The molecule has 0 radical (unpaired) electrons. The van der Waals surface area contributed by atoms with E-state index in [1.165, 1.54) is 6.26 Å². The van der Waals surface area contributed by atoms with Crippen LogP contribution < -0.4 is 21.3 Å². The second-order valence-electron chi connectivity index (χ2n) is 5.27. The number of halogens is 1. The molecule has 1 heterocycles. The average Bonchev–Trinajstić information content (AvgIpc) is 3.14. The van der Waals surface area contributed by atoms with E-state index < -0.39 is 6.03 Å². The number of carbonyl (C=O) groups is 3. The summed E-state index contributed by atoms with van der Waals surface area (Å²) >= 11 is 3.31. The first kappa shape index (κ1) is 19.5. The maximum absolute atomic E-state index is 11.7. The predicted molar refractivity (Wildman–Crippen MR) is 99.3 cm³/mol. The molecule has 4 N–H and O–H groups in total. The molecule has 0 unspecified atom stereocenters. The summed E-state index contributed by atoms with van der Waals surface area (Å²) < 4.78 is 5.99. The lowest BCUT2D eigenvalue weighted by Crippen LogP contribution is -2.38. The van der Waals surface area contributed by atoms with E-state index in [2.05, 4.69) is 37.2 Å². The quantitative estimate of drug-likeness (QED) is 0.520. The highest BCUT2D eigenvalue weighted by atomic mass is 79.9. The van der Waals surface area contributed by atoms with Crippen LogP contribution in [0, 0.1) is 0 Å². The standard InChI is InChI=1S/C17H19BrN4O4/c18-12-3-5-13(6-4-12)22-17(25)19-8-7-15(23)21-11-16(24)20-10-14-2-1-9-26-14/h1-6,9H,7-8,10-11H2,(H,20,24)(H,21,23)(H2,19,22,25). The van der Waals surface area contributed by atoms with Crippen molar-refractivity contribution in [1.29, 1.82) is 0 Å². The normalized spacial score (nSPS) is 10.0. The third-order valence-corrected chi connectivity index (χ3v) is 3.75. The lowest BCUT2D eigenvalue weighted by atomic mass is 10.3. The zero-order valence-corrected chi connectivity index (χ0v) is 15.5. The molecule has 4 amide bonds. The van der Waals surface area contributed by atoms with Crippen molar-refractivity contribution >= 4 is 39.5 Å². The maximum Gasteiger partial charge on any atom is 0.319 e. The summed E-state index contributed by atoms with van der Waals surface area (Å²) in [5.41, 5.74) is 0.642. The van der Waals surface area contributed by atoms with Crippen molar-refractivity contribution in [2.24, 2.45) is 0 Å². The molecule has 0 bridgehead atoms. The van der Waals surface area contributed by atoms with E-state index in [1.54, 1.807) is 36.4 Å². The van der Waals surface area contributed by atoms with Gasteiger partial charge in [0, 0.05) is 23.1 Å². The van der Waals surface area contributed by atoms with Gasteiger partial charge in [0.15, 0.2) is 0 Å². The maximum atomic E-state index is 11.7. The van der Waals surface area contributed by atoms with Crippen LogP contribution >= 0.6 is 15.9 Å². The van der Waals surface area contributed by atoms with Gasteiger partial charge in [-0.05, 0) is 36.4 Å². The molecule has 0 aliphatic carbocycles. The number of rotatable bonds is 8. The van der Waals surface area contributed by atoms with Crippen LogP contribution in [0.3, 0.4) is 0 Å². The summed E-state index contributed by atoms with van der Waals surface area (Å²) in [5, 5.41) is 10.3.